The fourth-order valence-corrected chi connectivity index (χ4v) is 3.63. The number of hydrogen-bond donors (Lipinski definition) is 1. The third-order valence-electron chi connectivity index (χ3n) is 4.70. The Morgan fingerprint density at radius 1 is 1.13 bits per heavy atom. The molecule has 1 fully saturated rings. The highest BCUT2D eigenvalue weighted by atomic mass is 16.5. The smallest absolute Gasteiger partial charge is 0.228 e. The van der Waals surface area contributed by atoms with E-state index in [1.807, 2.05) is 12.2 Å². The van der Waals surface area contributed by atoms with E-state index in [1.54, 1.807) is 18.2 Å². The Morgan fingerprint density at radius 2 is 1.83 bits per heavy atom. The van der Waals surface area contributed by atoms with Crippen molar-refractivity contribution in [2.75, 3.05) is 19.5 Å². The number of ether oxygens (including phenoxy) is 2. The van der Waals surface area contributed by atoms with Crippen molar-refractivity contribution in [1.82, 2.24) is 0 Å². The average Bonchev–Trinajstić information content (AvgIpc) is 3.15. The number of hydrogen-bond acceptors (Lipinski definition) is 5. The largest absolute Gasteiger partial charge is 0.550 e. The molecule has 1 N–H and O–H groups in total. The molecular weight excluding hydrogens is 298 g/mol. The van der Waals surface area contributed by atoms with Gasteiger partial charge in [-0.3, -0.25) is 4.79 Å². The number of amides is 1. The van der Waals surface area contributed by atoms with Gasteiger partial charge in [-0.1, -0.05) is 12.2 Å². The molecule has 0 unspecified atom stereocenters. The number of allylic oxidation sites excluding steroid dienone is 2. The lowest BCUT2D eigenvalue weighted by Gasteiger charge is -2.28. The van der Waals surface area contributed by atoms with Gasteiger partial charge in [0.2, 0.25) is 5.91 Å². The molecule has 0 heterocycles. The summed E-state index contributed by atoms with van der Waals surface area (Å²) in [5.74, 6) is -2.00. The predicted molar refractivity (Wildman–Crippen MR) is 80.9 cm³/mol. The highest BCUT2D eigenvalue weighted by Crippen LogP contribution is 2.48. The summed E-state index contributed by atoms with van der Waals surface area (Å²) in [7, 11) is 3.03. The van der Waals surface area contributed by atoms with Crippen molar-refractivity contribution < 1.29 is 24.2 Å². The average molecular weight is 316 g/mol. The van der Waals surface area contributed by atoms with Crippen LogP contribution in [0.15, 0.2) is 30.4 Å². The van der Waals surface area contributed by atoms with E-state index in [2.05, 4.69) is 5.32 Å². The molecule has 0 saturated heterocycles. The van der Waals surface area contributed by atoms with E-state index in [1.165, 1.54) is 14.2 Å². The normalized spacial score (nSPS) is 27.7. The standard InChI is InChI=1S/C17H19NO5/c1-22-11-5-6-13(23-2)12(8-11)18-16(19)14-9-3-4-10(7-9)15(14)17(20)21/h3-6,8-10,14-15H,7H2,1-2H3,(H,18,19)(H,20,21)/p-1/t9-,10+,14-,15+/m1/s1. The van der Waals surface area contributed by atoms with Crippen LogP contribution in [0.4, 0.5) is 5.69 Å². The Labute approximate surface area is 134 Å². The van der Waals surface area contributed by atoms with E-state index >= 15 is 0 Å². The van der Waals surface area contributed by atoms with Gasteiger partial charge < -0.3 is 24.7 Å². The molecule has 1 aromatic rings. The molecule has 0 radical (unpaired) electrons. The third-order valence-corrected chi connectivity index (χ3v) is 4.70. The number of carboxylic acids is 1. The third kappa shape index (κ3) is 2.65. The number of anilines is 1. The number of aliphatic carboxylic acids is 1. The minimum Gasteiger partial charge on any atom is -0.550 e. The summed E-state index contributed by atoms with van der Waals surface area (Å²) in [5, 5.41) is 14.2. The number of nitrogens with one attached hydrogen (secondary N) is 1. The maximum absolute atomic E-state index is 12.7. The van der Waals surface area contributed by atoms with Crippen molar-refractivity contribution in [3.05, 3.63) is 30.4 Å². The van der Waals surface area contributed by atoms with Crippen LogP contribution in [-0.2, 0) is 9.59 Å². The van der Waals surface area contributed by atoms with Crippen LogP contribution >= 0.6 is 0 Å². The van der Waals surface area contributed by atoms with Gasteiger partial charge in [-0.2, -0.15) is 0 Å². The van der Waals surface area contributed by atoms with E-state index in [-0.39, 0.29) is 17.7 Å². The lowest BCUT2D eigenvalue weighted by Crippen LogP contribution is -2.42. The van der Waals surface area contributed by atoms with Crippen molar-refractivity contribution in [2.45, 2.75) is 6.42 Å². The first-order chi connectivity index (χ1) is 11.0. The second-order valence-electron chi connectivity index (χ2n) is 5.87. The molecule has 2 aliphatic rings. The van der Waals surface area contributed by atoms with Crippen LogP contribution in [0.2, 0.25) is 0 Å². The van der Waals surface area contributed by atoms with Crippen LogP contribution in [0.3, 0.4) is 0 Å². The zero-order chi connectivity index (χ0) is 16.6. The summed E-state index contributed by atoms with van der Waals surface area (Å²) in [4.78, 5) is 24.1. The Hall–Kier alpha value is -2.50. The number of carbonyl (C=O) groups is 2. The first kappa shape index (κ1) is 15.4. The first-order valence-electron chi connectivity index (χ1n) is 7.47. The van der Waals surface area contributed by atoms with Crippen molar-refractivity contribution >= 4 is 17.6 Å². The van der Waals surface area contributed by atoms with Gasteiger partial charge in [0.15, 0.2) is 0 Å². The number of carboxylic acid groups (broad SMARTS) is 1. The van der Waals surface area contributed by atoms with Crippen LogP contribution in [0.5, 0.6) is 11.5 Å². The fraction of sp³-hybridized carbons (Fsp3) is 0.412. The Kier molecular flexibility index (Phi) is 3.98. The van der Waals surface area contributed by atoms with E-state index in [9.17, 15) is 14.7 Å². The van der Waals surface area contributed by atoms with Gasteiger partial charge in [0.25, 0.3) is 0 Å². The van der Waals surface area contributed by atoms with Crippen molar-refractivity contribution in [1.29, 1.82) is 0 Å². The maximum Gasteiger partial charge on any atom is 0.228 e. The molecular formula is C17H18NO5-. The molecule has 2 aliphatic carbocycles. The summed E-state index contributed by atoms with van der Waals surface area (Å²) in [6.07, 6.45) is 4.49. The summed E-state index contributed by atoms with van der Waals surface area (Å²) < 4.78 is 10.4. The molecule has 0 aliphatic heterocycles. The second-order valence-corrected chi connectivity index (χ2v) is 5.87. The van der Waals surface area contributed by atoms with Gasteiger partial charge in [-0.25, -0.2) is 0 Å². The maximum atomic E-state index is 12.7. The summed E-state index contributed by atoms with van der Waals surface area (Å²) >= 11 is 0. The number of benzene rings is 1. The van der Waals surface area contributed by atoms with E-state index < -0.39 is 17.8 Å². The van der Waals surface area contributed by atoms with E-state index in [4.69, 9.17) is 9.47 Å². The van der Waals surface area contributed by atoms with E-state index in [0.717, 1.165) is 0 Å². The summed E-state index contributed by atoms with van der Waals surface area (Å²) in [6.45, 7) is 0. The number of fused-ring (bicyclic) bond motifs is 2. The van der Waals surface area contributed by atoms with Gasteiger partial charge >= 0.3 is 0 Å². The minimum absolute atomic E-state index is 0.0560. The molecule has 3 rings (SSSR count). The van der Waals surface area contributed by atoms with Gasteiger partial charge in [-0.05, 0) is 30.4 Å². The van der Waals surface area contributed by atoms with Crippen LogP contribution in [0.25, 0.3) is 0 Å². The molecule has 2 bridgehead atoms. The molecule has 0 spiro atoms. The van der Waals surface area contributed by atoms with Crippen molar-refractivity contribution in [3.8, 4) is 11.5 Å². The zero-order valence-corrected chi connectivity index (χ0v) is 12.9. The van der Waals surface area contributed by atoms with Gasteiger partial charge in [-0.15, -0.1) is 0 Å². The fourth-order valence-electron chi connectivity index (χ4n) is 3.63. The molecule has 6 heteroatoms. The number of methoxy groups -OCH3 is 2. The van der Waals surface area contributed by atoms with Crippen molar-refractivity contribution in [3.63, 3.8) is 0 Å². The number of rotatable bonds is 5. The van der Waals surface area contributed by atoms with Crippen LogP contribution in [0.1, 0.15) is 6.42 Å². The number of carbonyl (C=O) groups excluding carboxylic acids is 2. The highest BCUT2D eigenvalue weighted by Gasteiger charge is 2.48. The Bertz CT molecular complexity index is 669. The molecule has 122 valence electrons. The van der Waals surface area contributed by atoms with E-state index in [0.29, 0.717) is 23.6 Å². The van der Waals surface area contributed by atoms with Gasteiger partial charge in [0.1, 0.15) is 11.5 Å². The molecule has 1 aromatic carbocycles. The molecule has 4 atom stereocenters. The zero-order valence-electron chi connectivity index (χ0n) is 12.9. The van der Waals surface area contributed by atoms with Crippen LogP contribution < -0.4 is 19.9 Å². The highest BCUT2D eigenvalue weighted by molar-refractivity contribution is 5.97. The molecule has 1 amide bonds. The molecule has 6 nitrogen and oxygen atoms in total. The molecule has 0 aromatic heterocycles. The monoisotopic (exact) mass is 316 g/mol. The summed E-state index contributed by atoms with van der Waals surface area (Å²) in [5.41, 5.74) is 0.459. The quantitative estimate of drug-likeness (QED) is 0.813. The second kappa shape index (κ2) is 5.95. The Balaban J connectivity index is 1.84. The first-order valence-corrected chi connectivity index (χ1v) is 7.47. The lowest BCUT2D eigenvalue weighted by molar-refractivity contribution is -0.313. The van der Waals surface area contributed by atoms with Gasteiger partial charge in [0.05, 0.1) is 25.8 Å². The SMILES string of the molecule is COc1ccc(OC)c(NC(=O)[C@H]2[C@@H](C(=O)[O-])[C@H]3C=C[C@@H]2C3)c1. The lowest BCUT2D eigenvalue weighted by atomic mass is 9.82. The van der Waals surface area contributed by atoms with Crippen LogP contribution in [-0.4, -0.2) is 26.1 Å². The summed E-state index contributed by atoms with van der Waals surface area (Å²) in [6, 6.07) is 5.05. The van der Waals surface area contributed by atoms with Crippen LogP contribution in [0, 0.1) is 23.7 Å². The van der Waals surface area contributed by atoms with Gasteiger partial charge in [0, 0.05) is 18.0 Å². The Morgan fingerprint density at radius 3 is 2.43 bits per heavy atom. The predicted octanol–water partition coefficient (Wildman–Crippen LogP) is 0.830. The van der Waals surface area contributed by atoms with Crippen molar-refractivity contribution in [2.24, 2.45) is 23.7 Å². The topological polar surface area (TPSA) is 87.7 Å². The molecule has 1 saturated carbocycles. The molecule has 23 heavy (non-hydrogen) atoms. The minimum atomic E-state index is -1.17.